The Morgan fingerprint density at radius 2 is 1.58 bits per heavy atom. The highest BCUT2D eigenvalue weighted by molar-refractivity contribution is 5.95. The molecule has 0 bridgehead atoms. The summed E-state index contributed by atoms with van der Waals surface area (Å²) in [7, 11) is 8.70. The third-order valence-electron chi connectivity index (χ3n) is 6.78. The molecule has 0 aromatic heterocycles. The molecule has 1 atom stereocenters. The molecule has 1 N–H and O–H groups in total. The van der Waals surface area contributed by atoms with Crippen molar-refractivity contribution in [2.24, 2.45) is 0 Å². The minimum absolute atomic E-state index is 0.0283. The fourth-order valence-electron chi connectivity index (χ4n) is 4.74. The average molecular weight is 490 g/mol. The first-order chi connectivity index (χ1) is 17.4. The summed E-state index contributed by atoms with van der Waals surface area (Å²) in [5.74, 6) is 1.17. The molecule has 1 aliphatic rings. The van der Waals surface area contributed by atoms with E-state index in [2.05, 4.69) is 63.6 Å². The Kier molecular flexibility index (Phi) is 8.00. The van der Waals surface area contributed by atoms with Gasteiger partial charge < -0.3 is 24.4 Å². The zero-order chi connectivity index (χ0) is 25.7. The SMILES string of the molecule is COc1cc(C(=O)NC[C@@H](c2ccc(N(C)C)cc2)N2CCc3ccccc3C2)cc(OC)c1OC. The van der Waals surface area contributed by atoms with Crippen LogP contribution in [0.5, 0.6) is 17.2 Å². The second-order valence-corrected chi connectivity index (χ2v) is 9.11. The number of hydrogen-bond donors (Lipinski definition) is 1. The van der Waals surface area contributed by atoms with E-state index in [1.807, 2.05) is 14.1 Å². The third kappa shape index (κ3) is 5.41. The first-order valence-corrected chi connectivity index (χ1v) is 12.1. The topological polar surface area (TPSA) is 63.3 Å². The molecule has 190 valence electrons. The zero-order valence-electron chi connectivity index (χ0n) is 21.7. The van der Waals surface area contributed by atoms with Gasteiger partial charge in [0.2, 0.25) is 5.75 Å². The van der Waals surface area contributed by atoms with Gasteiger partial charge >= 0.3 is 0 Å². The summed E-state index contributed by atoms with van der Waals surface area (Å²) in [6, 6.07) is 20.5. The molecule has 0 unspecified atom stereocenters. The summed E-state index contributed by atoms with van der Waals surface area (Å²) in [4.78, 5) is 17.8. The van der Waals surface area contributed by atoms with Crippen LogP contribution in [-0.2, 0) is 13.0 Å². The normalized spacial score (nSPS) is 13.9. The van der Waals surface area contributed by atoms with Crippen molar-refractivity contribution >= 4 is 11.6 Å². The van der Waals surface area contributed by atoms with Crippen molar-refractivity contribution in [3.8, 4) is 17.2 Å². The Hall–Kier alpha value is -3.71. The van der Waals surface area contributed by atoms with E-state index < -0.39 is 0 Å². The van der Waals surface area contributed by atoms with Gasteiger partial charge in [-0.1, -0.05) is 36.4 Å². The van der Waals surface area contributed by atoms with Crippen molar-refractivity contribution in [1.82, 2.24) is 10.2 Å². The van der Waals surface area contributed by atoms with Gasteiger partial charge in [-0.05, 0) is 47.4 Å². The Labute approximate surface area is 213 Å². The number of carbonyl (C=O) groups excluding carboxylic acids is 1. The van der Waals surface area contributed by atoms with E-state index in [4.69, 9.17) is 14.2 Å². The number of fused-ring (bicyclic) bond motifs is 1. The van der Waals surface area contributed by atoms with Crippen LogP contribution < -0.4 is 24.4 Å². The summed E-state index contributed by atoms with van der Waals surface area (Å²) in [6.45, 7) is 2.24. The average Bonchev–Trinajstić information content (AvgIpc) is 2.92. The lowest BCUT2D eigenvalue weighted by atomic mass is 9.96. The number of methoxy groups -OCH3 is 3. The fraction of sp³-hybridized carbons (Fsp3) is 0.345. The van der Waals surface area contributed by atoms with Gasteiger partial charge in [0.1, 0.15) is 0 Å². The Bertz CT molecular complexity index is 1170. The molecule has 0 saturated carbocycles. The molecule has 0 fully saturated rings. The highest BCUT2D eigenvalue weighted by atomic mass is 16.5. The number of amides is 1. The van der Waals surface area contributed by atoms with E-state index in [1.165, 1.54) is 16.7 Å². The first kappa shape index (κ1) is 25.4. The van der Waals surface area contributed by atoms with Gasteiger partial charge in [-0.3, -0.25) is 9.69 Å². The van der Waals surface area contributed by atoms with Gasteiger partial charge in [0.25, 0.3) is 5.91 Å². The van der Waals surface area contributed by atoms with Crippen LogP contribution in [0.25, 0.3) is 0 Å². The second-order valence-electron chi connectivity index (χ2n) is 9.11. The third-order valence-corrected chi connectivity index (χ3v) is 6.78. The maximum atomic E-state index is 13.3. The lowest BCUT2D eigenvalue weighted by molar-refractivity contribution is 0.0927. The van der Waals surface area contributed by atoms with Crippen LogP contribution >= 0.6 is 0 Å². The van der Waals surface area contributed by atoms with E-state index >= 15 is 0 Å². The number of rotatable bonds is 9. The summed E-state index contributed by atoms with van der Waals surface area (Å²) in [5, 5.41) is 3.15. The van der Waals surface area contributed by atoms with Gasteiger partial charge in [-0.15, -0.1) is 0 Å². The van der Waals surface area contributed by atoms with E-state index in [1.54, 1.807) is 33.5 Å². The van der Waals surface area contributed by atoms with Crippen LogP contribution in [0, 0.1) is 0 Å². The number of benzene rings is 3. The van der Waals surface area contributed by atoms with Crippen molar-refractivity contribution in [2.75, 3.05) is 53.4 Å². The molecule has 0 aliphatic carbocycles. The molecule has 7 heteroatoms. The molecule has 1 aliphatic heterocycles. The predicted octanol–water partition coefficient (Wildman–Crippen LogP) is 4.31. The lowest BCUT2D eigenvalue weighted by Crippen LogP contribution is -2.40. The van der Waals surface area contributed by atoms with E-state index in [0.29, 0.717) is 29.4 Å². The molecule has 7 nitrogen and oxygen atoms in total. The maximum absolute atomic E-state index is 13.3. The van der Waals surface area contributed by atoms with Crippen LogP contribution in [0.3, 0.4) is 0 Å². The molecular formula is C29H35N3O4. The molecule has 1 amide bonds. The monoisotopic (exact) mass is 489 g/mol. The van der Waals surface area contributed by atoms with Crippen molar-refractivity contribution in [1.29, 1.82) is 0 Å². The lowest BCUT2D eigenvalue weighted by Gasteiger charge is -2.36. The Balaban J connectivity index is 1.58. The smallest absolute Gasteiger partial charge is 0.251 e. The van der Waals surface area contributed by atoms with Gasteiger partial charge in [0.05, 0.1) is 27.4 Å². The molecule has 3 aromatic rings. The molecular weight excluding hydrogens is 454 g/mol. The number of anilines is 1. The Morgan fingerprint density at radius 3 is 2.17 bits per heavy atom. The van der Waals surface area contributed by atoms with E-state index in [9.17, 15) is 4.79 Å². The molecule has 1 heterocycles. The van der Waals surface area contributed by atoms with E-state index in [0.717, 1.165) is 25.2 Å². The molecule has 4 rings (SSSR count). The highest BCUT2D eigenvalue weighted by Gasteiger charge is 2.26. The number of ether oxygens (including phenoxy) is 3. The summed E-state index contributed by atoms with van der Waals surface area (Å²) >= 11 is 0. The van der Waals surface area contributed by atoms with Crippen LogP contribution in [0.1, 0.15) is 33.1 Å². The molecule has 0 saturated heterocycles. The van der Waals surface area contributed by atoms with Crippen LogP contribution in [0.15, 0.2) is 60.7 Å². The van der Waals surface area contributed by atoms with Crippen molar-refractivity contribution in [2.45, 2.75) is 19.0 Å². The van der Waals surface area contributed by atoms with Crippen molar-refractivity contribution in [3.05, 3.63) is 82.9 Å². The summed E-state index contributed by atoms with van der Waals surface area (Å²) in [6.07, 6.45) is 0.989. The van der Waals surface area contributed by atoms with Crippen LogP contribution in [0.4, 0.5) is 5.69 Å². The molecule has 36 heavy (non-hydrogen) atoms. The molecule has 0 spiro atoms. The maximum Gasteiger partial charge on any atom is 0.251 e. The van der Waals surface area contributed by atoms with Gasteiger partial charge in [-0.2, -0.15) is 0 Å². The molecule has 0 radical (unpaired) electrons. The molecule has 3 aromatic carbocycles. The minimum Gasteiger partial charge on any atom is -0.493 e. The quantitative estimate of drug-likeness (QED) is 0.483. The van der Waals surface area contributed by atoms with Crippen LogP contribution in [0.2, 0.25) is 0 Å². The Morgan fingerprint density at radius 1 is 0.944 bits per heavy atom. The van der Waals surface area contributed by atoms with Crippen molar-refractivity contribution < 1.29 is 19.0 Å². The van der Waals surface area contributed by atoms with Gasteiger partial charge in [-0.25, -0.2) is 0 Å². The van der Waals surface area contributed by atoms with E-state index in [-0.39, 0.29) is 11.9 Å². The first-order valence-electron chi connectivity index (χ1n) is 12.1. The second kappa shape index (κ2) is 11.4. The predicted molar refractivity (Wildman–Crippen MR) is 142 cm³/mol. The minimum atomic E-state index is -0.193. The summed E-state index contributed by atoms with van der Waals surface area (Å²) in [5.41, 5.74) is 5.51. The largest absolute Gasteiger partial charge is 0.493 e. The highest BCUT2D eigenvalue weighted by Crippen LogP contribution is 2.38. The number of carbonyl (C=O) groups is 1. The standard InChI is InChI=1S/C29H35N3O4/c1-31(2)24-12-10-21(11-13-24)25(32-15-14-20-8-6-7-9-22(20)19-32)18-30-29(33)23-16-26(34-3)28(36-5)27(17-23)35-4/h6-13,16-17,25H,14-15,18-19H2,1-5H3,(H,30,33)/t25-/m0/s1. The fourth-order valence-corrected chi connectivity index (χ4v) is 4.74. The van der Waals surface area contributed by atoms with Crippen molar-refractivity contribution in [3.63, 3.8) is 0 Å². The van der Waals surface area contributed by atoms with Crippen LogP contribution in [-0.4, -0.2) is 59.3 Å². The van der Waals surface area contributed by atoms with Gasteiger partial charge in [0.15, 0.2) is 11.5 Å². The number of nitrogens with one attached hydrogen (secondary N) is 1. The number of nitrogens with zero attached hydrogens (tertiary/aromatic N) is 2. The van der Waals surface area contributed by atoms with Gasteiger partial charge in [0, 0.05) is 45.0 Å². The zero-order valence-corrected chi connectivity index (χ0v) is 21.7. The summed E-state index contributed by atoms with van der Waals surface area (Å²) < 4.78 is 16.2. The number of hydrogen-bond acceptors (Lipinski definition) is 6.